The van der Waals surface area contributed by atoms with Crippen LogP contribution in [0.4, 0.5) is 0 Å². The van der Waals surface area contributed by atoms with Crippen molar-refractivity contribution in [2.75, 3.05) is 19.6 Å². The fraction of sp³-hybridized carbons (Fsp3) is 0.444. The second-order valence-corrected chi connectivity index (χ2v) is 8.02. The van der Waals surface area contributed by atoms with Gasteiger partial charge >= 0.3 is 0 Å². The molecule has 1 fully saturated rings. The molecule has 1 aromatic carbocycles. The lowest BCUT2D eigenvalue weighted by Crippen LogP contribution is -2.35. The van der Waals surface area contributed by atoms with Gasteiger partial charge in [-0.3, -0.25) is 4.79 Å². The van der Waals surface area contributed by atoms with E-state index in [1.54, 1.807) is 18.0 Å². The number of nitrogens with zero attached hydrogens (tertiary/aromatic N) is 2. The van der Waals surface area contributed by atoms with Crippen molar-refractivity contribution in [2.24, 2.45) is 11.7 Å². The van der Waals surface area contributed by atoms with Gasteiger partial charge in [0.25, 0.3) is 0 Å². The summed E-state index contributed by atoms with van der Waals surface area (Å²) in [6.07, 6.45) is 2.71. The van der Waals surface area contributed by atoms with Gasteiger partial charge in [-0.1, -0.05) is 11.6 Å². The van der Waals surface area contributed by atoms with Crippen LogP contribution in [-0.4, -0.2) is 40.7 Å². The third-order valence-corrected chi connectivity index (χ3v) is 5.78. The first-order chi connectivity index (χ1) is 12.1. The Bertz CT molecular complexity index is 727. The van der Waals surface area contributed by atoms with Crippen molar-refractivity contribution in [3.8, 4) is 11.3 Å². The molecule has 0 saturated carbocycles. The average molecular weight is 453 g/mol. The number of hydrogen-bond donors (Lipinski definition) is 1. The summed E-state index contributed by atoms with van der Waals surface area (Å²) in [6, 6.07) is 7.43. The second kappa shape index (κ2) is 11.2. The lowest BCUT2D eigenvalue weighted by atomic mass is 10.1. The molecule has 2 N–H and O–H groups in total. The molecule has 1 amide bonds. The molecular formula is C18H24Cl3N3O2S. The molecule has 0 radical (unpaired) electrons. The van der Waals surface area contributed by atoms with Crippen molar-refractivity contribution in [1.82, 2.24) is 9.88 Å². The zero-order valence-electron chi connectivity index (χ0n) is 15.0. The van der Waals surface area contributed by atoms with Crippen molar-refractivity contribution >= 4 is 54.1 Å². The number of thioether (sulfide) groups is 1. The Morgan fingerprint density at radius 2 is 2.11 bits per heavy atom. The zero-order valence-corrected chi connectivity index (χ0v) is 18.2. The van der Waals surface area contributed by atoms with Gasteiger partial charge in [-0.05, 0) is 50.1 Å². The molecule has 27 heavy (non-hydrogen) atoms. The summed E-state index contributed by atoms with van der Waals surface area (Å²) in [7, 11) is 0. The maximum atomic E-state index is 12.5. The van der Waals surface area contributed by atoms with Crippen molar-refractivity contribution in [1.29, 1.82) is 0 Å². The van der Waals surface area contributed by atoms with Crippen LogP contribution in [0.15, 0.2) is 34.9 Å². The number of amides is 1. The number of aromatic nitrogens is 1. The topological polar surface area (TPSA) is 72.4 Å². The van der Waals surface area contributed by atoms with Crippen molar-refractivity contribution in [3.63, 3.8) is 0 Å². The first kappa shape index (κ1) is 24.1. The predicted molar refractivity (Wildman–Crippen MR) is 116 cm³/mol. The summed E-state index contributed by atoms with van der Waals surface area (Å²) < 4.78 is 5.78. The molecule has 0 bridgehead atoms. The van der Waals surface area contributed by atoms with E-state index >= 15 is 0 Å². The smallest absolute Gasteiger partial charge is 0.235 e. The maximum absolute atomic E-state index is 12.5. The van der Waals surface area contributed by atoms with Gasteiger partial charge in [0.15, 0.2) is 5.76 Å². The molecule has 2 atom stereocenters. The molecule has 150 valence electrons. The van der Waals surface area contributed by atoms with Crippen LogP contribution < -0.4 is 5.73 Å². The summed E-state index contributed by atoms with van der Waals surface area (Å²) in [6.45, 7) is 4.17. The molecule has 9 heteroatoms. The van der Waals surface area contributed by atoms with Crippen LogP contribution in [-0.2, 0) is 10.5 Å². The van der Waals surface area contributed by atoms with E-state index in [0.717, 1.165) is 25.1 Å². The van der Waals surface area contributed by atoms with Gasteiger partial charge in [0.05, 0.1) is 17.2 Å². The minimum absolute atomic E-state index is 0. The Hall–Kier alpha value is -0.920. The predicted octanol–water partition coefficient (Wildman–Crippen LogP) is 4.27. The van der Waals surface area contributed by atoms with Crippen molar-refractivity contribution < 1.29 is 9.21 Å². The van der Waals surface area contributed by atoms with E-state index < -0.39 is 0 Å². The van der Waals surface area contributed by atoms with Crippen LogP contribution in [0.3, 0.4) is 0 Å². The molecule has 5 nitrogen and oxygen atoms in total. The number of benzene rings is 1. The first-order valence-corrected chi connectivity index (χ1v) is 9.80. The number of likely N-dealkylation sites (tertiary alicyclic amines) is 1. The standard InChI is InChI=1S/C18H22ClN3O2S.2ClH/c1-12(18(23)22-7-6-13(8-20)10-22)25-11-17-21-9-16(24-17)14-2-4-15(19)5-3-14;;/h2-5,9,12-13H,6-8,10-11,20H2,1H3;2*1H. The Balaban J connectivity index is 0.00000182. The van der Waals surface area contributed by atoms with E-state index in [0.29, 0.717) is 34.9 Å². The number of nitrogens with two attached hydrogens (primary N) is 1. The van der Waals surface area contributed by atoms with E-state index in [1.807, 2.05) is 36.1 Å². The lowest BCUT2D eigenvalue weighted by molar-refractivity contribution is -0.129. The average Bonchev–Trinajstić information content (AvgIpc) is 3.29. The zero-order chi connectivity index (χ0) is 17.8. The second-order valence-electron chi connectivity index (χ2n) is 6.25. The van der Waals surface area contributed by atoms with E-state index in [1.165, 1.54) is 0 Å². The number of carbonyl (C=O) groups excluding carboxylic acids is 1. The highest BCUT2D eigenvalue weighted by Crippen LogP contribution is 2.26. The largest absolute Gasteiger partial charge is 0.440 e. The van der Waals surface area contributed by atoms with Gasteiger partial charge in [-0.15, -0.1) is 36.6 Å². The van der Waals surface area contributed by atoms with Gasteiger partial charge in [-0.2, -0.15) is 0 Å². The molecule has 0 spiro atoms. The number of hydrogen-bond acceptors (Lipinski definition) is 5. The van der Waals surface area contributed by atoms with E-state index in [2.05, 4.69) is 4.98 Å². The number of oxazole rings is 1. The van der Waals surface area contributed by atoms with Gasteiger partial charge in [0.2, 0.25) is 11.8 Å². The van der Waals surface area contributed by atoms with Crippen LogP contribution in [0.25, 0.3) is 11.3 Å². The van der Waals surface area contributed by atoms with Crippen molar-refractivity contribution in [2.45, 2.75) is 24.3 Å². The summed E-state index contributed by atoms with van der Waals surface area (Å²) in [5, 5.41) is 0.563. The minimum Gasteiger partial charge on any atom is -0.440 e. The Kier molecular flexibility index (Phi) is 9.98. The number of rotatable bonds is 6. The SMILES string of the molecule is CC(SCc1ncc(-c2ccc(Cl)cc2)o1)C(=O)N1CCC(CN)C1.Cl.Cl. The quantitative estimate of drug-likeness (QED) is 0.708. The molecule has 2 heterocycles. The third-order valence-electron chi connectivity index (χ3n) is 4.42. The summed E-state index contributed by atoms with van der Waals surface area (Å²) in [5.74, 6) is 2.50. The van der Waals surface area contributed by atoms with Gasteiger partial charge in [-0.25, -0.2) is 4.98 Å². The molecular weight excluding hydrogens is 429 g/mol. The van der Waals surface area contributed by atoms with E-state index in [9.17, 15) is 4.79 Å². The highest BCUT2D eigenvalue weighted by Gasteiger charge is 2.28. The highest BCUT2D eigenvalue weighted by molar-refractivity contribution is 7.99. The fourth-order valence-electron chi connectivity index (χ4n) is 2.87. The van der Waals surface area contributed by atoms with Crippen LogP contribution in [0, 0.1) is 5.92 Å². The number of halogens is 3. The molecule has 1 aliphatic heterocycles. The van der Waals surface area contributed by atoms with Crippen LogP contribution in [0.5, 0.6) is 0 Å². The summed E-state index contributed by atoms with van der Waals surface area (Å²) in [4.78, 5) is 18.7. The molecule has 1 aromatic heterocycles. The first-order valence-electron chi connectivity index (χ1n) is 8.38. The van der Waals surface area contributed by atoms with E-state index in [4.69, 9.17) is 21.8 Å². The normalized spacial score (nSPS) is 17.1. The third kappa shape index (κ3) is 6.29. The van der Waals surface area contributed by atoms with Crippen molar-refractivity contribution in [3.05, 3.63) is 41.4 Å². The number of carbonyl (C=O) groups is 1. The summed E-state index contributed by atoms with van der Waals surface area (Å²) >= 11 is 7.44. The molecule has 1 aliphatic rings. The van der Waals surface area contributed by atoms with Gasteiger partial charge in [0, 0.05) is 23.7 Å². The minimum atomic E-state index is -0.123. The van der Waals surface area contributed by atoms with Gasteiger partial charge in [0.1, 0.15) is 0 Å². The Morgan fingerprint density at radius 1 is 1.41 bits per heavy atom. The fourth-order valence-corrected chi connectivity index (χ4v) is 3.82. The summed E-state index contributed by atoms with van der Waals surface area (Å²) in [5.41, 5.74) is 6.63. The molecule has 2 aromatic rings. The van der Waals surface area contributed by atoms with Gasteiger partial charge < -0.3 is 15.1 Å². The monoisotopic (exact) mass is 451 g/mol. The molecule has 2 unspecified atom stereocenters. The van der Waals surface area contributed by atoms with Crippen LogP contribution in [0.1, 0.15) is 19.2 Å². The van der Waals surface area contributed by atoms with Crippen LogP contribution in [0.2, 0.25) is 5.02 Å². The van der Waals surface area contributed by atoms with E-state index in [-0.39, 0.29) is 36.0 Å². The highest BCUT2D eigenvalue weighted by atomic mass is 35.5. The Morgan fingerprint density at radius 3 is 2.74 bits per heavy atom. The molecule has 0 aliphatic carbocycles. The Labute approximate surface area is 181 Å². The van der Waals surface area contributed by atoms with Crippen LogP contribution >= 0.6 is 48.2 Å². The molecule has 3 rings (SSSR count). The lowest BCUT2D eigenvalue weighted by Gasteiger charge is -2.20. The molecule has 1 saturated heterocycles. The maximum Gasteiger partial charge on any atom is 0.235 e.